The zero-order valence-electron chi connectivity index (χ0n) is 13.2. The first-order valence-corrected chi connectivity index (χ1v) is 9.90. The second-order valence-electron chi connectivity index (χ2n) is 5.60. The molecule has 0 radical (unpaired) electrons. The minimum atomic E-state index is -1.37. The summed E-state index contributed by atoms with van der Waals surface area (Å²) in [4.78, 5) is 23.9. The maximum absolute atomic E-state index is 11.9. The molecule has 0 heterocycles. The summed E-state index contributed by atoms with van der Waals surface area (Å²) < 4.78 is 10.7. The second kappa shape index (κ2) is 7.83. The van der Waals surface area contributed by atoms with Crippen LogP contribution in [-0.4, -0.2) is 36.3 Å². The lowest BCUT2D eigenvalue weighted by Gasteiger charge is -2.29. The lowest BCUT2D eigenvalue weighted by Crippen LogP contribution is -2.17. The number of carbonyl (C=O) groups excluding carboxylic acids is 2. The molecule has 0 atom stereocenters. The van der Waals surface area contributed by atoms with Gasteiger partial charge in [-0.2, -0.15) is 10.0 Å². The first-order chi connectivity index (χ1) is 11.0. The van der Waals surface area contributed by atoms with E-state index in [9.17, 15) is 9.59 Å². The van der Waals surface area contributed by atoms with Crippen molar-refractivity contribution in [3.05, 3.63) is 71.8 Å². The topological polar surface area (TPSA) is 52.6 Å². The Bertz CT molecular complexity index is 596. The van der Waals surface area contributed by atoms with E-state index in [0.717, 1.165) is 0 Å². The van der Waals surface area contributed by atoms with Gasteiger partial charge in [-0.3, -0.25) is 0 Å². The summed E-state index contributed by atoms with van der Waals surface area (Å²) in [6.07, 6.45) is 3.92. The van der Waals surface area contributed by atoms with Crippen molar-refractivity contribution >= 4 is 22.0 Å². The summed E-state index contributed by atoms with van der Waals surface area (Å²) in [5, 5.41) is 0. The molecule has 0 spiro atoms. The van der Waals surface area contributed by atoms with E-state index in [1.54, 1.807) is 48.5 Å². The first kappa shape index (κ1) is 17.1. The van der Waals surface area contributed by atoms with Crippen LogP contribution in [0.25, 0.3) is 0 Å². The average molecular weight is 332 g/mol. The number of esters is 2. The minimum Gasteiger partial charge on any atom is -0.452 e. The largest absolute Gasteiger partial charge is 0.452 e. The Balaban J connectivity index is 1.82. The highest BCUT2D eigenvalue weighted by Gasteiger charge is 2.18. The first-order valence-electron chi connectivity index (χ1n) is 7.11. The molecule has 0 unspecified atom stereocenters. The van der Waals surface area contributed by atoms with Gasteiger partial charge in [-0.25, -0.2) is 9.59 Å². The maximum atomic E-state index is 11.9. The molecule has 23 heavy (non-hydrogen) atoms. The van der Waals surface area contributed by atoms with Crippen LogP contribution >= 0.6 is 10.0 Å². The molecule has 0 aromatic heterocycles. The molecule has 0 saturated carbocycles. The van der Waals surface area contributed by atoms with Gasteiger partial charge in [-0.15, -0.1) is 0 Å². The molecule has 122 valence electrons. The molecule has 0 aliphatic carbocycles. The molecule has 0 amide bonds. The molecule has 0 bridgehead atoms. The summed E-state index contributed by atoms with van der Waals surface area (Å²) in [6, 6.07) is 17.7. The Morgan fingerprint density at radius 1 is 0.739 bits per heavy atom. The fourth-order valence-electron chi connectivity index (χ4n) is 1.78. The van der Waals surface area contributed by atoms with E-state index < -0.39 is 10.0 Å². The van der Waals surface area contributed by atoms with Crippen LogP contribution in [0.2, 0.25) is 0 Å². The number of ether oxygens (including phenoxy) is 2. The Hall–Kier alpha value is -2.27. The molecule has 4 nitrogen and oxygen atoms in total. The Labute approximate surface area is 137 Å². The summed E-state index contributed by atoms with van der Waals surface area (Å²) in [7, 11) is -1.37. The van der Waals surface area contributed by atoms with Gasteiger partial charge in [0.05, 0.1) is 11.1 Å². The molecule has 5 heteroatoms. The highest BCUT2D eigenvalue weighted by Crippen LogP contribution is 2.39. The molecule has 0 aliphatic rings. The molecule has 0 N–H and O–H groups in total. The molecule has 2 aromatic rings. The van der Waals surface area contributed by atoms with Gasteiger partial charge in [0.15, 0.2) is 0 Å². The third kappa shape index (κ3) is 5.45. The van der Waals surface area contributed by atoms with Gasteiger partial charge in [0.25, 0.3) is 0 Å². The van der Waals surface area contributed by atoms with Gasteiger partial charge in [-0.05, 0) is 36.8 Å². The van der Waals surface area contributed by atoms with Crippen LogP contribution in [0.15, 0.2) is 60.7 Å². The molecule has 0 saturated heterocycles. The summed E-state index contributed by atoms with van der Waals surface area (Å²) >= 11 is 0. The fourth-order valence-corrected chi connectivity index (χ4v) is 2.70. The molecule has 2 aromatic carbocycles. The quantitative estimate of drug-likeness (QED) is 0.757. The Morgan fingerprint density at radius 3 is 1.43 bits per heavy atom. The molecule has 0 aliphatic heterocycles. The fraction of sp³-hybridized carbons (Fsp3) is 0.222. The van der Waals surface area contributed by atoms with Gasteiger partial charge < -0.3 is 9.47 Å². The van der Waals surface area contributed by atoms with E-state index in [1.165, 1.54) is 0 Å². The van der Waals surface area contributed by atoms with Crippen molar-refractivity contribution in [3.63, 3.8) is 0 Å². The van der Waals surface area contributed by atoms with Crippen molar-refractivity contribution in [3.8, 4) is 0 Å². The van der Waals surface area contributed by atoms with Crippen LogP contribution in [0.4, 0.5) is 0 Å². The zero-order chi connectivity index (χ0) is 16.7. The summed E-state index contributed by atoms with van der Waals surface area (Å²) in [6.45, 7) is 0. The summed E-state index contributed by atoms with van der Waals surface area (Å²) in [5.74, 6) is -0.216. The van der Waals surface area contributed by atoms with Gasteiger partial charge in [-0.1, -0.05) is 36.4 Å². The number of rotatable bonds is 6. The van der Waals surface area contributed by atoms with E-state index in [4.69, 9.17) is 9.47 Å². The van der Waals surface area contributed by atoms with E-state index >= 15 is 0 Å². The number of hydrogen-bond donors (Lipinski definition) is 0. The van der Waals surface area contributed by atoms with Crippen LogP contribution in [0.3, 0.4) is 0 Å². The van der Waals surface area contributed by atoms with Gasteiger partial charge in [0.2, 0.25) is 0 Å². The van der Waals surface area contributed by atoms with Gasteiger partial charge >= 0.3 is 11.9 Å². The highest BCUT2D eigenvalue weighted by molar-refractivity contribution is 8.32. The van der Waals surface area contributed by atoms with Gasteiger partial charge in [0.1, 0.15) is 11.9 Å². The average Bonchev–Trinajstić information content (AvgIpc) is 2.59. The van der Waals surface area contributed by atoms with Crippen LogP contribution in [-0.2, 0) is 9.47 Å². The lowest BCUT2D eigenvalue weighted by molar-refractivity contribution is 0.0559. The van der Waals surface area contributed by atoms with Crippen molar-refractivity contribution < 1.29 is 19.1 Å². The lowest BCUT2D eigenvalue weighted by atomic mass is 10.2. The van der Waals surface area contributed by atoms with E-state index in [2.05, 4.69) is 0 Å². The Kier molecular flexibility index (Phi) is 5.82. The maximum Gasteiger partial charge on any atom is 0.338 e. The van der Waals surface area contributed by atoms with Crippen molar-refractivity contribution in [2.45, 2.75) is 0 Å². The van der Waals surface area contributed by atoms with Crippen LogP contribution in [0.5, 0.6) is 0 Å². The van der Waals surface area contributed by atoms with E-state index in [0.29, 0.717) is 11.1 Å². The molecular formula is C18H20O4S. The third-order valence-corrected chi connectivity index (χ3v) is 4.55. The number of benzene rings is 2. The predicted octanol–water partition coefficient (Wildman–Crippen LogP) is 3.68. The predicted molar refractivity (Wildman–Crippen MR) is 92.9 cm³/mol. The van der Waals surface area contributed by atoms with Crippen LogP contribution in [0, 0.1) is 0 Å². The van der Waals surface area contributed by atoms with Crippen LogP contribution in [0.1, 0.15) is 20.7 Å². The highest BCUT2D eigenvalue weighted by atomic mass is 32.3. The normalized spacial score (nSPS) is 11.6. The SMILES string of the molecule is CS(C)(COC(=O)c1ccccc1)COC(=O)c1ccccc1. The third-order valence-electron chi connectivity index (χ3n) is 3.04. The second-order valence-corrected chi connectivity index (χ2v) is 9.60. The Morgan fingerprint density at radius 2 is 1.09 bits per heavy atom. The van der Waals surface area contributed by atoms with Crippen molar-refractivity contribution in [1.82, 2.24) is 0 Å². The van der Waals surface area contributed by atoms with E-state index in [-0.39, 0.29) is 23.8 Å². The van der Waals surface area contributed by atoms with Crippen molar-refractivity contribution in [2.24, 2.45) is 0 Å². The molecule has 0 fully saturated rings. The van der Waals surface area contributed by atoms with Crippen LogP contribution < -0.4 is 0 Å². The zero-order valence-corrected chi connectivity index (χ0v) is 14.0. The minimum absolute atomic E-state index is 0.253. The number of carbonyl (C=O) groups is 2. The van der Waals surface area contributed by atoms with Gasteiger partial charge in [0, 0.05) is 0 Å². The molecule has 2 rings (SSSR count). The standard InChI is InChI=1S/C18H20O4S/c1-23(2,13-21-17(19)15-9-5-3-6-10-15)14-22-18(20)16-11-7-4-8-12-16/h3-12H,13-14H2,1-2H3. The summed E-state index contributed by atoms with van der Waals surface area (Å²) in [5.41, 5.74) is 1.04. The number of hydrogen-bond acceptors (Lipinski definition) is 4. The van der Waals surface area contributed by atoms with Crippen molar-refractivity contribution in [1.29, 1.82) is 0 Å². The monoisotopic (exact) mass is 332 g/mol. The molecular weight excluding hydrogens is 312 g/mol. The smallest absolute Gasteiger partial charge is 0.338 e. The van der Waals surface area contributed by atoms with Crippen molar-refractivity contribution in [2.75, 3.05) is 24.4 Å². The van der Waals surface area contributed by atoms with E-state index in [1.807, 2.05) is 24.6 Å².